The van der Waals surface area contributed by atoms with E-state index in [1.807, 2.05) is 20.8 Å². The normalized spacial score (nSPS) is 12.1. The molecular formula is C8H13FN2O. The number of nitrogens with zero attached hydrogens (tertiary/aromatic N) is 2. The number of hydrogen-bond donors (Lipinski definition) is 1. The number of rotatable bonds is 1. The van der Waals surface area contributed by atoms with Crippen molar-refractivity contribution in [1.29, 1.82) is 0 Å². The molecule has 0 radical (unpaired) electrons. The van der Waals surface area contributed by atoms with Gasteiger partial charge in [0.25, 0.3) is 0 Å². The number of aromatic nitrogens is 2. The Bertz CT molecular complexity index is 275. The van der Waals surface area contributed by atoms with E-state index in [0.29, 0.717) is 0 Å². The summed E-state index contributed by atoms with van der Waals surface area (Å²) in [5, 5.41) is 12.5. The largest absolute Gasteiger partial charge is 0.391 e. The van der Waals surface area contributed by atoms with E-state index in [2.05, 4.69) is 5.10 Å². The molecule has 1 aromatic rings. The van der Waals surface area contributed by atoms with Gasteiger partial charge in [0.15, 0.2) is 0 Å². The van der Waals surface area contributed by atoms with Crippen molar-refractivity contribution in [1.82, 2.24) is 9.78 Å². The SMILES string of the molecule is CC(C)(C)n1ncc(CO)c1F. The summed E-state index contributed by atoms with van der Waals surface area (Å²) in [6.07, 6.45) is 1.35. The highest BCUT2D eigenvalue weighted by Gasteiger charge is 2.20. The molecule has 12 heavy (non-hydrogen) atoms. The molecule has 1 N–H and O–H groups in total. The zero-order valence-electron chi connectivity index (χ0n) is 7.50. The smallest absolute Gasteiger partial charge is 0.217 e. The molecule has 0 fully saturated rings. The number of halogens is 1. The Morgan fingerprint density at radius 2 is 2.17 bits per heavy atom. The van der Waals surface area contributed by atoms with Crippen molar-refractivity contribution in [3.8, 4) is 0 Å². The fraction of sp³-hybridized carbons (Fsp3) is 0.625. The van der Waals surface area contributed by atoms with Gasteiger partial charge in [-0.2, -0.15) is 9.49 Å². The van der Waals surface area contributed by atoms with Crippen molar-refractivity contribution < 1.29 is 9.50 Å². The topological polar surface area (TPSA) is 38.0 Å². The van der Waals surface area contributed by atoms with Gasteiger partial charge >= 0.3 is 0 Å². The van der Waals surface area contributed by atoms with Gasteiger partial charge in [-0.3, -0.25) is 0 Å². The van der Waals surface area contributed by atoms with Gasteiger partial charge in [0.05, 0.1) is 23.9 Å². The zero-order valence-corrected chi connectivity index (χ0v) is 7.50. The highest BCUT2D eigenvalue weighted by molar-refractivity contribution is 5.06. The average Bonchev–Trinajstić information content (AvgIpc) is 2.29. The van der Waals surface area contributed by atoms with Crippen molar-refractivity contribution in [2.75, 3.05) is 0 Å². The molecule has 0 saturated heterocycles. The van der Waals surface area contributed by atoms with E-state index in [-0.39, 0.29) is 17.7 Å². The van der Waals surface area contributed by atoms with E-state index in [9.17, 15) is 4.39 Å². The van der Waals surface area contributed by atoms with Crippen LogP contribution in [0.15, 0.2) is 6.20 Å². The van der Waals surface area contributed by atoms with E-state index in [0.717, 1.165) is 0 Å². The van der Waals surface area contributed by atoms with Gasteiger partial charge in [-0.1, -0.05) is 0 Å². The van der Waals surface area contributed by atoms with Gasteiger partial charge in [-0.25, -0.2) is 4.68 Å². The maximum absolute atomic E-state index is 13.3. The minimum atomic E-state index is -0.454. The lowest BCUT2D eigenvalue weighted by atomic mass is 10.1. The second kappa shape index (κ2) is 2.86. The van der Waals surface area contributed by atoms with Crippen LogP contribution in [0.3, 0.4) is 0 Å². The standard InChI is InChI=1S/C8H13FN2O/c1-8(2,3)11-7(9)6(5-12)4-10-11/h4,12H,5H2,1-3H3. The highest BCUT2D eigenvalue weighted by Crippen LogP contribution is 2.17. The van der Waals surface area contributed by atoms with Gasteiger partial charge in [0.1, 0.15) is 0 Å². The number of hydrogen-bond acceptors (Lipinski definition) is 2. The number of aliphatic hydroxyl groups excluding tert-OH is 1. The van der Waals surface area contributed by atoms with Gasteiger partial charge in [-0.05, 0) is 20.8 Å². The molecule has 0 atom stereocenters. The van der Waals surface area contributed by atoms with E-state index < -0.39 is 5.95 Å². The van der Waals surface area contributed by atoms with Gasteiger partial charge < -0.3 is 5.11 Å². The third-order valence-electron chi connectivity index (χ3n) is 1.59. The molecule has 3 nitrogen and oxygen atoms in total. The maximum atomic E-state index is 13.3. The van der Waals surface area contributed by atoms with Crippen molar-refractivity contribution in [3.05, 3.63) is 17.7 Å². The number of aliphatic hydroxyl groups is 1. The molecule has 0 aromatic carbocycles. The van der Waals surface area contributed by atoms with Crippen LogP contribution in [0.1, 0.15) is 26.3 Å². The summed E-state index contributed by atoms with van der Waals surface area (Å²) in [6.45, 7) is 5.25. The van der Waals surface area contributed by atoms with Crippen LogP contribution in [-0.4, -0.2) is 14.9 Å². The van der Waals surface area contributed by atoms with Crippen molar-refractivity contribution >= 4 is 0 Å². The Morgan fingerprint density at radius 3 is 2.42 bits per heavy atom. The van der Waals surface area contributed by atoms with Crippen LogP contribution in [0.25, 0.3) is 0 Å². The molecule has 68 valence electrons. The quantitative estimate of drug-likeness (QED) is 0.692. The molecule has 0 aliphatic heterocycles. The third-order valence-corrected chi connectivity index (χ3v) is 1.59. The van der Waals surface area contributed by atoms with Crippen molar-refractivity contribution in [2.24, 2.45) is 0 Å². The van der Waals surface area contributed by atoms with Crippen LogP contribution >= 0.6 is 0 Å². The van der Waals surface area contributed by atoms with Gasteiger partial charge in [0.2, 0.25) is 5.95 Å². The maximum Gasteiger partial charge on any atom is 0.217 e. The fourth-order valence-corrected chi connectivity index (χ4v) is 0.941. The third kappa shape index (κ3) is 1.48. The van der Waals surface area contributed by atoms with E-state index >= 15 is 0 Å². The van der Waals surface area contributed by atoms with Crippen LogP contribution in [0.5, 0.6) is 0 Å². The lowest BCUT2D eigenvalue weighted by Crippen LogP contribution is -2.24. The minimum Gasteiger partial charge on any atom is -0.391 e. The summed E-state index contributed by atoms with van der Waals surface area (Å²) >= 11 is 0. The van der Waals surface area contributed by atoms with E-state index in [1.54, 1.807) is 0 Å². The second-order valence-corrected chi connectivity index (χ2v) is 3.70. The molecule has 4 heteroatoms. The first-order valence-corrected chi connectivity index (χ1v) is 3.80. The van der Waals surface area contributed by atoms with Crippen LogP contribution in [0, 0.1) is 5.95 Å². The Balaban J connectivity index is 3.11. The Kier molecular flexibility index (Phi) is 2.19. The summed E-state index contributed by atoms with van der Waals surface area (Å²) in [4.78, 5) is 0. The summed E-state index contributed by atoms with van der Waals surface area (Å²) in [5.41, 5.74) is -0.137. The second-order valence-electron chi connectivity index (χ2n) is 3.70. The zero-order chi connectivity index (χ0) is 9.35. The summed E-state index contributed by atoms with van der Waals surface area (Å²) in [7, 11) is 0. The molecular weight excluding hydrogens is 159 g/mol. The van der Waals surface area contributed by atoms with Gasteiger partial charge in [-0.15, -0.1) is 0 Å². The molecule has 0 saturated carbocycles. The summed E-state index contributed by atoms with van der Waals surface area (Å²) < 4.78 is 14.5. The lowest BCUT2D eigenvalue weighted by molar-refractivity contribution is 0.262. The van der Waals surface area contributed by atoms with E-state index in [1.165, 1.54) is 10.9 Å². The Hall–Kier alpha value is -0.900. The van der Waals surface area contributed by atoms with Crippen LogP contribution < -0.4 is 0 Å². The van der Waals surface area contributed by atoms with Gasteiger partial charge in [0, 0.05) is 0 Å². The summed E-state index contributed by atoms with van der Waals surface area (Å²) in [6, 6.07) is 0. The van der Waals surface area contributed by atoms with Crippen LogP contribution in [-0.2, 0) is 12.1 Å². The molecule has 0 aliphatic rings. The molecule has 1 aromatic heterocycles. The fourth-order valence-electron chi connectivity index (χ4n) is 0.941. The average molecular weight is 172 g/mol. The highest BCUT2D eigenvalue weighted by atomic mass is 19.1. The minimum absolute atomic E-state index is 0.241. The molecule has 1 rings (SSSR count). The van der Waals surface area contributed by atoms with E-state index in [4.69, 9.17) is 5.11 Å². The van der Waals surface area contributed by atoms with Crippen LogP contribution in [0.4, 0.5) is 4.39 Å². The van der Waals surface area contributed by atoms with Crippen molar-refractivity contribution in [2.45, 2.75) is 32.9 Å². The molecule has 0 bridgehead atoms. The predicted molar refractivity (Wildman–Crippen MR) is 43.1 cm³/mol. The monoisotopic (exact) mass is 172 g/mol. The Labute approximate surface area is 70.8 Å². The first kappa shape index (κ1) is 9.19. The molecule has 1 heterocycles. The first-order chi connectivity index (χ1) is 5.46. The van der Waals surface area contributed by atoms with Crippen molar-refractivity contribution in [3.63, 3.8) is 0 Å². The molecule has 0 aliphatic carbocycles. The van der Waals surface area contributed by atoms with Crippen LogP contribution in [0.2, 0.25) is 0 Å². The molecule has 0 unspecified atom stereocenters. The predicted octanol–water partition coefficient (Wildman–Crippen LogP) is 1.27. The summed E-state index contributed by atoms with van der Waals surface area (Å²) in [5.74, 6) is -0.454. The lowest BCUT2D eigenvalue weighted by Gasteiger charge is -2.19. The Morgan fingerprint density at radius 1 is 1.58 bits per heavy atom. The molecule has 0 spiro atoms. The molecule has 0 amide bonds. The first-order valence-electron chi connectivity index (χ1n) is 3.80.